The van der Waals surface area contributed by atoms with Crippen LogP contribution < -0.4 is 10.1 Å². The molecule has 9 heteroatoms. The summed E-state index contributed by atoms with van der Waals surface area (Å²) in [6, 6.07) is 5.88. The monoisotopic (exact) mass is 400 g/mol. The van der Waals surface area contributed by atoms with E-state index in [4.69, 9.17) is 4.74 Å². The molecule has 0 fully saturated rings. The van der Waals surface area contributed by atoms with Crippen LogP contribution in [-0.2, 0) is 4.79 Å². The minimum atomic E-state index is -0.962. The van der Waals surface area contributed by atoms with E-state index in [0.29, 0.717) is 11.6 Å². The van der Waals surface area contributed by atoms with Crippen LogP contribution in [0, 0.1) is 28.7 Å². The molecule has 1 amide bonds. The number of nitrogens with zero attached hydrogens (tertiary/aromatic N) is 1. The first kappa shape index (κ1) is 17.8. The van der Waals surface area contributed by atoms with Crippen molar-refractivity contribution in [3.05, 3.63) is 62.1 Å². The largest absolute Gasteiger partial charge is 0.477 e. The summed E-state index contributed by atoms with van der Waals surface area (Å²) in [5.74, 6) is -2.60. The zero-order valence-corrected chi connectivity index (χ0v) is 13.9. The molecule has 0 radical (unpaired) electrons. The molecule has 0 aliphatic carbocycles. The number of aryl methyl sites for hydroxylation is 1. The molecule has 0 spiro atoms. The van der Waals surface area contributed by atoms with Crippen molar-refractivity contribution in [3.63, 3.8) is 0 Å². The fraction of sp³-hybridized carbons (Fsp3) is 0.133. The summed E-state index contributed by atoms with van der Waals surface area (Å²) in [6.45, 7) is 1.10. The van der Waals surface area contributed by atoms with Crippen LogP contribution in [-0.4, -0.2) is 17.4 Å². The second-order valence-corrected chi connectivity index (χ2v) is 5.66. The van der Waals surface area contributed by atoms with Gasteiger partial charge in [0.05, 0.1) is 10.6 Å². The molecule has 6 nitrogen and oxygen atoms in total. The molecule has 2 aromatic rings. The third-order valence-corrected chi connectivity index (χ3v) is 3.57. The molecule has 0 saturated carbocycles. The van der Waals surface area contributed by atoms with Gasteiger partial charge in [0.25, 0.3) is 5.91 Å². The van der Waals surface area contributed by atoms with Crippen molar-refractivity contribution >= 4 is 33.2 Å². The number of amides is 1. The quantitative estimate of drug-likeness (QED) is 0.608. The highest BCUT2D eigenvalue weighted by Crippen LogP contribution is 2.29. The average Bonchev–Trinajstić information content (AvgIpc) is 2.49. The van der Waals surface area contributed by atoms with Gasteiger partial charge in [-0.05, 0) is 40.5 Å². The number of ether oxygens (including phenoxy) is 1. The zero-order valence-electron chi connectivity index (χ0n) is 12.3. The molecule has 0 heterocycles. The molecule has 0 aromatic heterocycles. The van der Waals surface area contributed by atoms with Gasteiger partial charge in [-0.25, -0.2) is 8.78 Å². The van der Waals surface area contributed by atoms with Gasteiger partial charge in [0, 0.05) is 16.6 Å². The molecule has 0 aliphatic rings. The van der Waals surface area contributed by atoms with Gasteiger partial charge in [-0.15, -0.1) is 0 Å². The van der Waals surface area contributed by atoms with Crippen LogP contribution in [0.4, 0.5) is 20.2 Å². The van der Waals surface area contributed by atoms with E-state index < -0.39 is 29.1 Å². The summed E-state index contributed by atoms with van der Waals surface area (Å²) in [4.78, 5) is 22.2. The van der Waals surface area contributed by atoms with Gasteiger partial charge in [0.15, 0.2) is 18.2 Å². The fourth-order valence-electron chi connectivity index (χ4n) is 1.87. The van der Waals surface area contributed by atoms with E-state index in [1.54, 1.807) is 13.0 Å². The molecule has 2 rings (SSSR count). The molecule has 0 unspecified atom stereocenters. The lowest BCUT2D eigenvalue weighted by molar-refractivity contribution is -0.385. The Hall–Kier alpha value is -2.55. The Morgan fingerprint density at radius 3 is 2.67 bits per heavy atom. The maximum atomic E-state index is 13.6. The smallest absolute Gasteiger partial charge is 0.311 e. The minimum Gasteiger partial charge on any atom is -0.477 e. The number of rotatable bonds is 5. The first-order valence-corrected chi connectivity index (χ1v) is 7.39. The first-order valence-electron chi connectivity index (χ1n) is 6.60. The van der Waals surface area contributed by atoms with Crippen LogP contribution >= 0.6 is 15.9 Å². The molecule has 1 N–H and O–H groups in total. The van der Waals surface area contributed by atoms with Crippen LogP contribution in [0.1, 0.15) is 5.56 Å². The van der Waals surface area contributed by atoms with Crippen molar-refractivity contribution in [2.45, 2.75) is 6.92 Å². The summed E-state index contributed by atoms with van der Waals surface area (Å²) in [6.07, 6.45) is 0. The van der Waals surface area contributed by atoms with Gasteiger partial charge >= 0.3 is 5.69 Å². The lowest BCUT2D eigenvalue weighted by Gasteiger charge is -2.10. The predicted octanol–water partition coefficient (Wildman–Crippen LogP) is 3.96. The number of hydrogen-bond donors (Lipinski definition) is 1. The van der Waals surface area contributed by atoms with Gasteiger partial charge < -0.3 is 10.1 Å². The van der Waals surface area contributed by atoms with E-state index in [2.05, 4.69) is 21.2 Å². The predicted molar refractivity (Wildman–Crippen MR) is 86.0 cm³/mol. The summed E-state index contributed by atoms with van der Waals surface area (Å²) in [5.41, 5.74) is 0.135. The highest BCUT2D eigenvalue weighted by atomic mass is 79.9. The maximum Gasteiger partial charge on any atom is 0.311 e. The number of carbonyl (C=O) groups excluding carboxylic acids is 1. The molecule has 126 valence electrons. The topological polar surface area (TPSA) is 81.5 Å². The van der Waals surface area contributed by atoms with Crippen LogP contribution in [0.2, 0.25) is 0 Å². The molecule has 0 bridgehead atoms. The molecular weight excluding hydrogens is 390 g/mol. The Balaban J connectivity index is 2.09. The number of benzene rings is 2. The highest BCUT2D eigenvalue weighted by Gasteiger charge is 2.17. The van der Waals surface area contributed by atoms with Gasteiger partial charge in [0.1, 0.15) is 5.82 Å². The molecule has 0 saturated heterocycles. The standard InChI is InChI=1S/C15H11BrF2N2O4/c1-8-2-3-13(12(4-8)20(22)23)24-7-14(21)19-15-10(16)5-9(17)6-11(15)18/h2-6H,7H2,1H3,(H,19,21). The number of anilines is 1. The number of carbonyl (C=O) groups is 1. The Morgan fingerprint density at radius 1 is 1.33 bits per heavy atom. The van der Waals surface area contributed by atoms with Crippen molar-refractivity contribution in [3.8, 4) is 5.75 Å². The first-order chi connectivity index (χ1) is 11.3. The molecule has 2 aromatic carbocycles. The summed E-state index contributed by atoms with van der Waals surface area (Å²) in [7, 11) is 0. The number of halogens is 3. The van der Waals surface area contributed by atoms with Crippen molar-refractivity contribution < 1.29 is 23.2 Å². The molecular formula is C15H11BrF2N2O4. The van der Waals surface area contributed by atoms with Gasteiger partial charge in [-0.1, -0.05) is 6.07 Å². The van der Waals surface area contributed by atoms with Gasteiger partial charge in [0.2, 0.25) is 0 Å². The third-order valence-electron chi connectivity index (χ3n) is 2.94. The second-order valence-electron chi connectivity index (χ2n) is 4.81. The Labute approximate surface area is 143 Å². The van der Waals surface area contributed by atoms with Gasteiger partial charge in [-0.3, -0.25) is 14.9 Å². The summed E-state index contributed by atoms with van der Waals surface area (Å²) in [5, 5.41) is 13.2. The number of hydrogen-bond acceptors (Lipinski definition) is 4. The van der Waals surface area contributed by atoms with E-state index in [-0.39, 0.29) is 21.6 Å². The van der Waals surface area contributed by atoms with E-state index in [1.165, 1.54) is 12.1 Å². The zero-order chi connectivity index (χ0) is 17.9. The summed E-state index contributed by atoms with van der Waals surface area (Å²) >= 11 is 2.94. The van der Waals surface area contributed by atoms with Gasteiger partial charge in [-0.2, -0.15) is 0 Å². The van der Waals surface area contributed by atoms with E-state index in [0.717, 1.165) is 6.07 Å². The lowest BCUT2D eigenvalue weighted by Crippen LogP contribution is -2.21. The third kappa shape index (κ3) is 4.25. The van der Waals surface area contributed by atoms with Crippen LogP contribution in [0.15, 0.2) is 34.8 Å². The maximum absolute atomic E-state index is 13.6. The van der Waals surface area contributed by atoms with Crippen molar-refractivity contribution in [2.75, 3.05) is 11.9 Å². The number of nitrogens with one attached hydrogen (secondary N) is 1. The minimum absolute atomic E-state index is 0.0228. The Kier molecular flexibility index (Phi) is 5.45. The highest BCUT2D eigenvalue weighted by molar-refractivity contribution is 9.10. The second kappa shape index (κ2) is 7.35. The molecule has 0 aliphatic heterocycles. The van der Waals surface area contributed by atoms with Crippen molar-refractivity contribution in [1.82, 2.24) is 0 Å². The Bertz CT molecular complexity index is 791. The Morgan fingerprint density at radius 2 is 2.04 bits per heavy atom. The fourth-order valence-corrected chi connectivity index (χ4v) is 2.38. The lowest BCUT2D eigenvalue weighted by atomic mass is 10.2. The number of nitro benzene ring substituents is 1. The molecule has 0 atom stereocenters. The molecule has 24 heavy (non-hydrogen) atoms. The van der Waals surface area contributed by atoms with E-state index >= 15 is 0 Å². The number of nitro groups is 1. The van der Waals surface area contributed by atoms with E-state index in [9.17, 15) is 23.7 Å². The average molecular weight is 401 g/mol. The van der Waals surface area contributed by atoms with E-state index in [1.807, 2.05) is 0 Å². The van der Waals surface area contributed by atoms with Crippen LogP contribution in [0.5, 0.6) is 5.75 Å². The van der Waals surface area contributed by atoms with Crippen LogP contribution in [0.3, 0.4) is 0 Å². The van der Waals surface area contributed by atoms with Crippen molar-refractivity contribution in [1.29, 1.82) is 0 Å². The summed E-state index contributed by atoms with van der Waals surface area (Å²) < 4.78 is 31.8. The SMILES string of the molecule is Cc1ccc(OCC(=O)Nc2c(F)cc(F)cc2Br)c([N+](=O)[O-])c1. The normalized spacial score (nSPS) is 10.3. The van der Waals surface area contributed by atoms with Crippen LogP contribution in [0.25, 0.3) is 0 Å². The van der Waals surface area contributed by atoms with Crippen molar-refractivity contribution in [2.24, 2.45) is 0 Å².